The van der Waals surface area contributed by atoms with E-state index in [1.807, 2.05) is 12.1 Å². The Hall–Kier alpha value is -1.59. The Balaban J connectivity index is 1.80. The quantitative estimate of drug-likeness (QED) is 0.911. The van der Waals surface area contributed by atoms with Crippen LogP contribution in [0.5, 0.6) is 0 Å². The summed E-state index contributed by atoms with van der Waals surface area (Å²) in [5.74, 6) is 1.90. The van der Waals surface area contributed by atoms with E-state index in [0.717, 1.165) is 19.5 Å². The largest absolute Gasteiger partial charge is 0.339 e. The van der Waals surface area contributed by atoms with E-state index in [1.54, 1.807) is 12.3 Å². The van der Waals surface area contributed by atoms with Crippen molar-refractivity contribution in [2.24, 2.45) is 5.92 Å². The third kappa shape index (κ3) is 3.42. The minimum atomic E-state index is 0.468. The van der Waals surface area contributed by atoms with Crippen LogP contribution in [0.2, 0.25) is 10.0 Å². The second kappa shape index (κ2) is 6.67. The zero-order valence-electron chi connectivity index (χ0n) is 12.3. The number of nitrogens with zero attached hydrogens (tertiary/aromatic N) is 4. The fourth-order valence-electron chi connectivity index (χ4n) is 2.60. The first-order valence-electron chi connectivity index (χ1n) is 7.29. The van der Waals surface area contributed by atoms with Gasteiger partial charge in [-0.3, -0.25) is 0 Å². The molecule has 1 atom stereocenters. The lowest BCUT2D eigenvalue weighted by molar-refractivity contribution is 0.441. The molecule has 0 bridgehead atoms. The van der Waals surface area contributed by atoms with Crippen LogP contribution >= 0.6 is 23.2 Å². The first-order chi connectivity index (χ1) is 10.6. The summed E-state index contributed by atoms with van der Waals surface area (Å²) in [5, 5.41) is 12.3. The Kier molecular flexibility index (Phi) is 4.64. The maximum Gasteiger partial charge on any atom is 0.247 e. The molecule has 1 aliphatic heterocycles. The molecule has 1 N–H and O–H groups in total. The van der Waals surface area contributed by atoms with Gasteiger partial charge in [0.1, 0.15) is 0 Å². The van der Waals surface area contributed by atoms with Crippen molar-refractivity contribution >= 4 is 40.7 Å². The number of halogens is 2. The lowest BCUT2D eigenvalue weighted by Gasteiger charge is -2.30. The molecule has 1 fully saturated rings. The van der Waals surface area contributed by atoms with Gasteiger partial charge in [0.25, 0.3) is 0 Å². The van der Waals surface area contributed by atoms with E-state index < -0.39 is 0 Å². The number of benzene rings is 1. The summed E-state index contributed by atoms with van der Waals surface area (Å²) in [6.07, 6.45) is 3.98. The highest BCUT2D eigenvalue weighted by Crippen LogP contribution is 2.31. The Morgan fingerprint density at radius 2 is 2.18 bits per heavy atom. The Morgan fingerprint density at radius 3 is 3.00 bits per heavy atom. The smallest absolute Gasteiger partial charge is 0.247 e. The number of anilines is 3. The van der Waals surface area contributed by atoms with Crippen molar-refractivity contribution in [3.05, 3.63) is 34.4 Å². The number of nitrogens with one attached hydrogen (secondary N) is 1. The van der Waals surface area contributed by atoms with Crippen molar-refractivity contribution in [3.63, 3.8) is 0 Å². The van der Waals surface area contributed by atoms with Crippen molar-refractivity contribution in [1.82, 2.24) is 15.2 Å². The van der Waals surface area contributed by atoms with E-state index in [-0.39, 0.29) is 0 Å². The van der Waals surface area contributed by atoms with Gasteiger partial charge in [-0.15, -0.1) is 5.10 Å². The van der Waals surface area contributed by atoms with E-state index in [1.165, 1.54) is 6.42 Å². The van der Waals surface area contributed by atoms with Crippen LogP contribution in [0.25, 0.3) is 0 Å². The van der Waals surface area contributed by atoms with Gasteiger partial charge in [0.2, 0.25) is 5.95 Å². The van der Waals surface area contributed by atoms with E-state index in [2.05, 4.69) is 32.3 Å². The fourth-order valence-corrected chi connectivity index (χ4v) is 2.95. The SMILES string of the molecule is CC1CCCN(c2nncc(Nc3cccc(Cl)c3Cl)n2)C1. The number of hydrogen-bond acceptors (Lipinski definition) is 5. The molecule has 2 heterocycles. The molecule has 22 heavy (non-hydrogen) atoms. The summed E-state index contributed by atoms with van der Waals surface area (Å²) in [6.45, 7) is 4.17. The van der Waals surface area contributed by atoms with Crippen LogP contribution in [0.1, 0.15) is 19.8 Å². The molecule has 3 rings (SSSR count). The van der Waals surface area contributed by atoms with Crippen LogP contribution in [-0.2, 0) is 0 Å². The number of rotatable bonds is 3. The van der Waals surface area contributed by atoms with Crippen LogP contribution in [0.15, 0.2) is 24.4 Å². The minimum Gasteiger partial charge on any atom is -0.339 e. The molecule has 1 aromatic carbocycles. The van der Waals surface area contributed by atoms with Gasteiger partial charge in [-0.2, -0.15) is 10.1 Å². The summed E-state index contributed by atoms with van der Waals surface area (Å²) in [5.41, 5.74) is 0.702. The van der Waals surface area contributed by atoms with Crippen LogP contribution in [0, 0.1) is 5.92 Å². The van der Waals surface area contributed by atoms with Crippen LogP contribution in [0.3, 0.4) is 0 Å². The van der Waals surface area contributed by atoms with Crippen LogP contribution in [-0.4, -0.2) is 28.3 Å². The molecular weight excluding hydrogens is 321 g/mol. The van der Waals surface area contributed by atoms with Gasteiger partial charge in [0.15, 0.2) is 5.82 Å². The van der Waals surface area contributed by atoms with Gasteiger partial charge in [-0.05, 0) is 30.9 Å². The molecule has 0 radical (unpaired) electrons. The van der Waals surface area contributed by atoms with E-state index >= 15 is 0 Å². The number of hydrogen-bond donors (Lipinski definition) is 1. The topological polar surface area (TPSA) is 53.9 Å². The highest BCUT2D eigenvalue weighted by molar-refractivity contribution is 6.43. The molecule has 116 valence electrons. The standard InChI is InChI=1S/C15H17Cl2N5/c1-10-4-3-7-22(9-10)15-20-13(8-18-21-15)19-12-6-2-5-11(16)14(12)17/h2,5-6,8,10H,3-4,7,9H2,1H3,(H,19,20,21). The summed E-state index contributed by atoms with van der Waals surface area (Å²) < 4.78 is 0. The highest BCUT2D eigenvalue weighted by atomic mass is 35.5. The molecule has 0 amide bonds. The van der Waals surface area contributed by atoms with Crippen molar-refractivity contribution in [1.29, 1.82) is 0 Å². The first-order valence-corrected chi connectivity index (χ1v) is 8.05. The summed E-state index contributed by atoms with van der Waals surface area (Å²) >= 11 is 12.2. The van der Waals surface area contributed by atoms with E-state index in [0.29, 0.717) is 33.4 Å². The average Bonchev–Trinajstić information content (AvgIpc) is 2.52. The van der Waals surface area contributed by atoms with Crippen molar-refractivity contribution in [2.75, 3.05) is 23.3 Å². The molecular formula is C15H17Cl2N5. The molecule has 2 aromatic rings. The molecule has 7 heteroatoms. The first kappa shape index (κ1) is 15.3. The molecule has 0 aliphatic carbocycles. The normalized spacial score (nSPS) is 18.3. The second-order valence-electron chi connectivity index (χ2n) is 5.56. The summed E-state index contributed by atoms with van der Waals surface area (Å²) in [6, 6.07) is 5.42. The molecule has 1 saturated heterocycles. The van der Waals surface area contributed by atoms with Crippen molar-refractivity contribution in [2.45, 2.75) is 19.8 Å². The maximum atomic E-state index is 6.18. The van der Waals surface area contributed by atoms with Crippen molar-refractivity contribution in [3.8, 4) is 0 Å². The molecule has 5 nitrogen and oxygen atoms in total. The Labute approximate surface area is 139 Å². The summed E-state index contributed by atoms with van der Waals surface area (Å²) in [4.78, 5) is 6.71. The minimum absolute atomic E-state index is 0.468. The number of piperidine rings is 1. The lowest BCUT2D eigenvalue weighted by atomic mass is 10.0. The fraction of sp³-hybridized carbons (Fsp3) is 0.400. The predicted octanol–water partition coefficient (Wildman–Crippen LogP) is 4.16. The zero-order chi connectivity index (χ0) is 15.5. The van der Waals surface area contributed by atoms with Crippen LogP contribution < -0.4 is 10.2 Å². The third-order valence-corrected chi connectivity index (χ3v) is 4.52. The van der Waals surface area contributed by atoms with E-state index in [4.69, 9.17) is 23.2 Å². The van der Waals surface area contributed by atoms with Crippen LogP contribution in [0.4, 0.5) is 17.5 Å². The van der Waals surface area contributed by atoms with E-state index in [9.17, 15) is 0 Å². The van der Waals surface area contributed by atoms with Gasteiger partial charge in [0, 0.05) is 13.1 Å². The lowest BCUT2D eigenvalue weighted by Crippen LogP contribution is -2.35. The third-order valence-electron chi connectivity index (χ3n) is 3.70. The van der Waals surface area contributed by atoms with Gasteiger partial charge in [-0.1, -0.05) is 36.2 Å². The van der Waals surface area contributed by atoms with Crippen molar-refractivity contribution < 1.29 is 0 Å². The maximum absolute atomic E-state index is 6.18. The molecule has 1 aromatic heterocycles. The second-order valence-corrected chi connectivity index (χ2v) is 6.35. The Bertz CT molecular complexity index is 664. The zero-order valence-corrected chi connectivity index (χ0v) is 13.8. The average molecular weight is 338 g/mol. The molecule has 1 aliphatic rings. The molecule has 0 saturated carbocycles. The molecule has 1 unspecified atom stereocenters. The predicted molar refractivity (Wildman–Crippen MR) is 90.2 cm³/mol. The number of aromatic nitrogens is 3. The monoisotopic (exact) mass is 337 g/mol. The van der Waals surface area contributed by atoms with Gasteiger partial charge < -0.3 is 10.2 Å². The van der Waals surface area contributed by atoms with Gasteiger partial charge in [-0.25, -0.2) is 0 Å². The Morgan fingerprint density at radius 1 is 1.32 bits per heavy atom. The summed E-state index contributed by atoms with van der Waals surface area (Å²) in [7, 11) is 0. The van der Waals surface area contributed by atoms with Gasteiger partial charge >= 0.3 is 0 Å². The molecule has 0 spiro atoms. The highest BCUT2D eigenvalue weighted by Gasteiger charge is 2.19. The van der Waals surface area contributed by atoms with Gasteiger partial charge in [0.05, 0.1) is 21.9 Å².